The van der Waals surface area contributed by atoms with E-state index < -0.39 is 0 Å². The summed E-state index contributed by atoms with van der Waals surface area (Å²) in [6.07, 6.45) is 1.29. The third-order valence-electron chi connectivity index (χ3n) is 2.27. The van der Waals surface area contributed by atoms with Crippen molar-refractivity contribution in [3.05, 3.63) is 52.4 Å². The first kappa shape index (κ1) is 12.4. The van der Waals surface area contributed by atoms with Gasteiger partial charge < -0.3 is 10.8 Å². The molecule has 0 aliphatic rings. The maximum Gasteiger partial charge on any atom is 0.150 e. The zero-order valence-corrected chi connectivity index (χ0v) is 10.1. The van der Waals surface area contributed by atoms with Gasteiger partial charge in [0.25, 0.3) is 0 Å². The van der Waals surface area contributed by atoms with Crippen LogP contribution in [0.4, 0.5) is 5.82 Å². The topological polar surface area (TPSA) is 72.0 Å². The van der Waals surface area contributed by atoms with Crippen LogP contribution in [0.5, 0.6) is 0 Å². The van der Waals surface area contributed by atoms with Gasteiger partial charge in [0.2, 0.25) is 0 Å². The summed E-state index contributed by atoms with van der Waals surface area (Å²) in [7, 11) is 0. The second kappa shape index (κ2) is 5.50. The molecule has 1 aromatic carbocycles. The molecule has 5 heteroatoms. The maximum absolute atomic E-state index is 9.03. The molecule has 2 aromatic rings. The molecule has 0 aliphatic carbocycles. The summed E-state index contributed by atoms with van der Waals surface area (Å²) in [4.78, 5) is 7.64. The van der Waals surface area contributed by atoms with E-state index in [9.17, 15) is 0 Å². The normalized spacial score (nSPS) is 9.67. The van der Waals surface area contributed by atoms with Gasteiger partial charge in [0.1, 0.15) is 22.9 Å². The number of aliphatic hydroxyl groups excluding tert-OH is 1. The summed E-state index contributed by atoms with van der Waals surface area (Å²) in [6, 6.07) is 7.26. The van der Waals surface area contributed by atoms with Gasteiger partial charge in [-0.1, -0.05) is 35.6 Å². The van der Waals surface area contributed by atoms with Crippen molar-refractivity contribution in [2.24, 2.45) is 0 Å². The molecule has 0 spiro atoms. The van der Waals surface area contributed by atoms with Crippen LogP contribution >= 0.6 is 11.6 Å². The minimum absolute atomic E-state index is 0.0210. The summed E-state index contributed by atoms with van der Waals surface area (Å²) < 4.78 is 0. The van der Waals surface area contributed by atoms with Crippen molar-refractivity contribution in [3.8, 4) is 11.8 Å². The largest absolute Gasteiger partial charge is 0.392 e. The Hall–Kier alpha value is -2.09. The van der Waals surface area contributed by atoms with E-state index >= 15 is 0 Å². The van der Waals surface area contributed by atoms with Gasteiger partial charge in [-0.25, -0.2) is 9.97 Å². The Kier molecular flexibility index (Phi) is 3.78. The van der Waals surface area contributed by atoms with E-state index in [4.69, 9.17) is 22.4 Å². The lowest BCUT2D eigenvalue weighted by Crippen LogP contribution is -1.96. The van der Waals surface area contributed by atoms with E-state index in [0.29, 0.717) is 5.56 Å². The van der Waals surface area contributed by atoms with E-state index in [0.717, 1.165) is 11.1 Å². The highest BCUT2D eigenvalue weighted by atomic mass is 35.5. The van der Waals surface area contributed by atoms with Crippen molar-refractivity contribution < 1.29 is 5.11 Å². The van der Waals surface area contributed by atoms with E-state index in [1.165, 1.54) is 6.33 Å². The predicted molar refractivity (Wildman–Crippen MR) is 69.8 cm³/mol. The van der Waals surface area contributed by atoms with Crippen molar-refractivity contribution in [1.82, 2.24) is 9.97 Å². The van der Waals surface area contributed by atoms with Crippen LogP contribution in [0.2, 0.25) is 5.15 Å². The fraction of sp³-hybridized carbons (Fsp3) is 0.0769. The SMILES string of the molecule is Nc1ncnc(Cl)c1C#Cc1cccc(CO)c1. The van der Waals surface area contributed by atoms with E-state index in [-0.39, 0.29) is 17.6 Å². The summed E-state index contributed by atoms with van der Waals surface area (Å²) in [6.45, 7) is -0.0210. The zero-order chi connectivity index (χ0) is 13.0. The monoisotopic (exact) mass is 259 g/mol. The maximum atomic E-state index is 9.03. The van der Waals surface area contributed by atoms with Crippen LogP contribution in [0.1, 0.15) is 16.7 Å². The van der Waals surface area contributed by atoms with E-state index in [1.807, 2.05) is 18.2 Å². The van der Waals surface area contributed by atoms with Gasteiger partial charge in [-0.2, -0.15) is 0 Å². The lowest BCUT2D eigenvalue weighted by Gasteiger charge is -1.98. The van der Waals surface area contributed by atoms with E-state index in [1.54, 1.807) is 6.07 Å². The number of anilines is 1. The van der Waals surface area contributed by atoms with Gasteiger partial charge in [0, 0.05) is 5.56 Å². The van der Waals surface area contributed by atoms with Crippen LogP contribution in [0.3, 0.4) is 0 Å². The lowest BCUT2D eigenvalue weighted by atomic mass is 10.1. The van der Waals surface area contributed by atoms with Crippen molar-refractivity contribution in [2.75, 3.05) is 5.73 Å². The third kappa shape index (κ3) is 2.77. The average Bonchev–Trinajstić information content (AvgIpc) is 2.38. The Bertz CT molecular complexity index is 611. The molecule has 90 valence electrons. The smallest absolute Gasteiger partial charge is 0.150 e. The van der Waals surface area contributed by atoms with Crippen LogP contribution in [-0.2, 0) is 6.61 Å². The van der Waals surface area contributed by atoms with E-state index in [2.05, 4.69) is 21.8 Å². The first-order chi connectivity index (χ1) is 8.70. The zero-order valence-electron chi connectivity index (χ0n) is 9.39. The van der Waals surface area contributed by atoms with Crippen LogP contribution in [-0.4, -0.2) is 15.1 Å². The lowest BCUT2D eigenvalue weighted by molar-refractivity contribution is 0.282. The average molecular weight is 260 g/mol. The molecule has 1 aromatic heterocycles. The molecule has 0 aliphatic heterocycles. The number of hydrogen-bond acceptors (Lipinski definition) is 4. The molecule has 0 bridgehead atoms. The van der Waals surface area contributed by atoms with Gasteiger partial charge in [-0.05, 0) is 17.7 Å². The Labute approximate surface area is 109 Å². The highest BCUT2D eigenvalue weighted by Crippen LogP contribution is 2.15. The highest BCUT2D eigenvalue weighted by Gasteiger charge is 2.03. The number of aromatic nitrogens is 2. The van der Waals surface area contributed by atoms with Gasteiger partial charge in [-0.15, -0.1) is 0 Å². The number of rotatable bonds is 1. The molecular weight excluding hydrogens is 250 g/mol. The number of nitrogens with zero attached hydrogens (tertiary/aromatic N) is 2. The van der Waals surface area contributed by atoms with Crippen molar-refractivity contribution in [2.45, 2.75) is 6.61 Å². The molecule has 0 saturated carbocycles. The van der Waals surface area contributed by atoms with Crippen LogP contribution < -0.4 is 5.73 Å². The summed E-state index contributed by atoms with van der Waals surface area (Å²) in [5.74, 6) is 6.00. The predicted octanol–water partition coefficient (Wildman–Crippen LogP) is 1.60. The molecule has 0 fully saturated rings. The highest BCUT2D eigenvalue weighted by molar-refractivity contribution is 6.30. The molecule has 18 heavy (non-hydrogen) atoms. The van der Waals surface area contributed by atoms with Crippen molar-refractivity contribution in [1.29, 1.82) is 0 Å². The van der Waals surface area contributed by atoms with Crippen molar-refractivity contribution in [3.63, 3.8) is 0 Å². The molecule has 0 amide bonds. The Balaban J connectivity index is 2.37. The van der Waals surface area contributed by atoms with Gasteiger partial charge in [-0.3, -0.25) is 0 Å². The molecular formula is C13H10ClN3O. The molecule has 3 N–H and O–H groups in total. The molecule has 0 radical (unpaired) electrons. The summed E-state index contributed by atoms with van der Waals surface area (Å²) >= 11 is 5.88. The quantitative estimate of drug-likeness (QED) is 0.603. The molecule has 2 rings (SSSR count). The Morgan fingerprint density at radius 2 is 2.11 bits per heavy atom. The fourth-order valence-corrected chi connectivity index (χ4v) is 1.56. The van der Waals surface area contributed by atoms with Crippen molar-refractivity contribution >= 4 is 17.4 Å². The van der Waals surface area contributed by atoms with Gasteiger partial charge in [0.05, 0.1) is 6.61 Å². The summed E-state index contributed by atoms with van der Waals surface area (Å²) in [5.41, 5.74) is 7.64. The third-order valence-corrected chi connectivity index (χ3v) is 2.56. The van der Waals surface area contributed by atoms with Crippen LogP contribution in [0, 0.1) is 11.8 Å². The minimum Gasteiger partial charge on any atom is -0.392 e. The molecule has 0 atom stereocenters. The molecule has 0 saturated heterocycles. The Morgan fingerprint density at radius 1 is 1.28 bits per heavy atom. The summed E-state index contributed by atoms with van der Waals surface area (Å²) in [5, 5.41) is 9.26. The fourth-order valence-electron chi connectivity index (χ4n) is 1.37. The molecule has 0 unspecified atom stereocenters. The second-order valence-corrected chi connectivity index (χ2v) is 3.89. The van der Waals surface area contributed by atoms with Crippen LogP contribution in [0.15, 0.2) is 30.6 Å². The number of benzene rings is 1. The first-order valence-electron chi connectivity index (χ1n) is 5.18. The molecule has 4 nitrogen and oxygen atoms in total. The standard InChI is InChI=1S/C13H10ClN3O/c14-12-11(13(15)17-8-16-12)5-4-9-2-1-3-10(6-9)7-18/h1-3,6,8,18H,7H2,(H2,15,16,17). The number of halogens is 1. The number of hydrogen-bond donors (Lipinski definition) is 2. The second-order valence-electron chi connectivity index (χ2n) is 3.53. The number of nitrogens with two attached hydrogens (primary N) is 1. The van der Waals surface area contributed by atoms with Gasteiger partial charge >= 0.3 is 0 Å². The Morgan fingerprint density at radius 3 is 2.83 bits per heavy atom. The van der Waals surface area contributed by atoms with Gasteiger partial charge in [0.15, 0.2) is 0 Å². The number of aliphatic hydroxyl groups is 1. The first-order valence-corrected chi connectivity index (χ1v) is 5.56. The number of nitrogen functional groups attached to an aromatic ring is 1. The minimum atomic E-state index is -0.0210. The van der Waals surface area contributed by atoms with Crippen LogP contribution in [0.25, 0.3) is 0 Å². The molecule has 1 heterocycles.